The van der Waals surface area contributed by atoms with Gasteiger partial charge in [0.15, 0.2) is 0 Å². The van der Waals surface area contributed by atoms with E-state index in [1.807, 2.05) is 30.3 Å². The predicted octanol–water partition coefficient (Wildman–Crippen LogP) is 2.13. The van der Waals surface area contributed by atoms with Gasteiger partial charge >= 0.3 is 18.0 Å². The van der Waals surface area contributed by atoms with Gasteiger partial charge in [0.25, 0.3) is 0 Å². The molecule has 8 nitrogen and oxygen atoms in total. The second-order valence-electron chi connectivity index (χ2n) is 7.36. The number of nitrogens with one attached hydrogen (secondary N) is 2. The largest absolute Gasteiger partial charge is 0.466 e. The van der Waals surface area contributed by atoms with E-state index in [0.717, 1.165) is 5.56 Å². The molecule has 0 saturated carbocycles. The maximum atomic E-state index is 12.8. The van der Waals surface area contributed by atoms with Crippen molar-refractivity contribution in [2.45, 2.75) is 32.7 Å². The Balaban J connectivity index is 1.81. The summed E-state index contributed by atoms with van der Waals surface area (Å²) in [5, 5.41) is 5.64. The molecule has 2 amide bonds. The van der Waals surface area contributed by atoms with Crippen LogP contribution in [0.5, 0.6) is 0 Å². The number of benzene rings is 1. The lowest BCUT2D eigenvalue weighted by molar-refractivity contribution is -0.149. The third-order valence-corrected chi connectivity index (χ3v) is 5.37. The van der Waals surface area contributed by atoms with E-state index < -0.39 is 12.0 Å². The molecule has 0 aromatic heterocycles. The smallest absolute Gasteiger partial charge is 0.338 e. The lowest BCUT2D eigenvalue weighted by Crippen LogP contribution is -2.49. The highest BCUT2D eigenvalue weighted by atomic mass is 16.5. The highest BCUT2D eigenvalue weighted by Crippen LogP contribution is 2.29. The Morgan fingerprint density at radius 2 is 1.73 bits per heavy atom. The van der Waals surface area contributed by atoms with Gasteiger partial charge in [-0.25, -0.2) is 9.59 Å². The third kappa shape index (κ3) is 5.18. The molecule has 1 saturated heterocycles. The van der Waals surface area contributed by atoms with E-state index in [4.69, 9.17) is 9.47 Å². The summed E-state index contributed by atoms with van der Waals surface area (Å²) in [6, 6.07) is 8.43. The van der Waals surface area contributed by atoms with E-state index in [1.165, 1.54) is 0 Å². The molecule has 0 aliphatic carbocycles. The van der Waals surface area contributed by atoms with E-state index >= 15 is 0 Å². The van der Waals surface area contributed by atoms with E-state index in [-0.39, 0.29) is 24.5 Å². The molecule has 0 radical (unpaired) electrons. The number of ether oxygens (including phenoxy) is 2. The predicted molar refractivity (Wildman–Crippen MR) is 110 cm³/mol. The van der Waals surface area contributed by atoms with Crippen molar-refractivity contribution in [2.75, 3.05) is 32.8 Å². The molecule has 0 spiro atoms. The van der Waals surface area contributed by atoms with Gasteiger partial charge in [0.1, 0.15) is 0 Å². The van der Waals surface area contributed by atoms with Gasteiger partial charge in [0.05, 0.1) is 30.7 Å². The lowest BCUT2D eigenvalue weighted by Gasteiger charge is -2.35. The zero-order valence-corrected chi connectivity index (χ0v) is 17.5. The standard InChI is InChI=1S/C22H29N3O5/c1-3-29-20(26)16-10-12-25(13-11-16)14-17-18(21(27)30-4-2)19(24-22(28)23-17)15-8-6-5-7-9-15/h5-9,16,19H,3-4,10-14H2,1-2H3,(H2,23,24,28)/t19-/m1/s1. The third-order valence-electron chi connectivity index (χ3n) is 5.37. The fourth-order valence-corrected chi connectivity index (χ4v) is 3.90. The quantitative estimate of drug-likeness (QED) is 0.663. The van der Waals surface area contributed by atoms with Crippen molar-refractivity contribution >= 4 is 18.0 Å². The van der Waals surface area contributed by atoms with E-state index in [2.05, 4.69) is 15.5 Å². The highest BCUT2D eigenvalue weighted by Gasteiger charge is 2.35. The first-order valence-electron chi connectivity index (χ1n) is 10.4. The van der Waals surface area contributed by atoms with Gasteiger partial charge in [0, 0.05) is 12.2 Å². The molecule has 1 aromatic carbocycles. The highest BCUT2D eigenvalue weighted by molar-refractivity contribution is 5.95. The van der Waals surface area contributed by atoms with E-state index in [9.17, 15) is 14.4 Å². The summed E-state index contributed by atoms with van der Waals surface area (Å²) in [4.78, 5) is 39.3. The maximum absolute atomic E-state index is 12.8. The minimum Gasteiger partial charge on any atom is -0.466 e. The summed E-state index contributed by atoms with van der Waals surface area (Å²) in [6.07, 6.45) is 1.38. The van der Waals surface area contributed by atoms with Crippen LogP contribution in [0.3, 0.4) is 0 Å². The maximum Gasteiger partial charge on any atom is 0.338 e. The zero-order valence-electron chi connectivity index (χ0n) is 17.5. The first-order chi connectivity index (χ1) is 14.5. The average Bonchev–Trinajstić information content (AvgIpc) is 2.75. The summed E-state index contributed by atoms with van der Waals surface area (Å²) in [7, 11) is 0. The average molecular weight is 415 g/mol. The number of rotatable bonds is 7. The van der Waals surface area contributed by atoms with Crippen LogP contribution in [0.2, 0.25) is 0 Å². The Kier molecular flexibility index (Phi) is 7.46. The van der Waals surface area contributed by atoms with Gasteiger partial charge in [0.2, 0.25) is 0 Å². The van der Waals surface area contributed by atoms with E-state index in [0.29, 0.717) is 50.4 Å². The van der Waals surface area contributed by atoms with Crippen LogP contribution >= 0.6 is 0 Å². The SMILES string of the molecule is CCOC(=O)C1=C(CN2CCC(C(=O)OCC)CC2)NC(=O)N[C@@H]1c1ccccc1. The summed E-state index contributed by atoms with van der Waals surface area (Å²) in [6.45, 7) is 5.96. The summed E-state index contributed by atoms with van der Waals surface area (Å²) in [5.74, 6) is -0.697. The summed E-state index contributed by atoms with van der Waals surface area (Å²) >= 11 is 0. The van der Waals surface area contributed by atoms with Crippen molar-refractivity contribution in [3.63, 3.8) is 0 Å². The molecule has 3 rings (SSSR count). The monoisotopic (exact) mass is 415 g/mol. The van der Waals surface area contributed by atoms with Crippen LogP contribution in [0, 0.1) is 5.92 Å². The fourth-order valence-electron chi connectivity index (χ4n) is 3.90. The molecule has 2 aliphatic heterocycles. The Hall–Kier alpha value is -2.87. The molecule has 2 N–H and O–H groups in total. The number of nitrogens with zero attached hydrogens (tertiary/aromatic N) is 1. The van der Waals surface area contributed by atoms with Crippen LogP contribution in [0.1, 0.15) is 38.3 Å². The molecule has 2 aliphatic rings. The number of amides is 2. The molecular formula is C22H29N3O5. The summed E-state index contributed by atoms with van der Waals surface area (Å²) < 4.78 is 10.4. The van der Waals surface area contributed by atoms with Crippen molar-refractivity contribution in [3.8, 4) is 0 Å². The molecule has 162 valence electrons. The zero-order chi connectivity index (χ0) is 21.5. The van der Waals surface area contributed by atoms with Crippen molar-refractivity contribution < 1.29 is 23.9 Å². The second-order valence-corrected chi connectivity index (χ2v) is 7.36. The van der Waals surface area contributed by atoms with Gasteiger partial charge in [-0.15, -0.1) is 0 Å². The lowest BCUT2D eigenvalue weighted by atomic mass is 9.93. The van der Waals surface area contributed by atoms with Gasteiger partial charge in [-0.3, -0.25) is 9.69 Å². The molecule has 0 unspecified atom stereocenters. The number of urea groups is 1. The molecule has 30 heavy (non-hydrogen) atoms. The van der Waals surface area contributed by atoms with Crippen LogP contribution in [0.25, 0.3) is 0 Å². The molecule has 1 fully saturated rings. The molecule has 2 heterocycles. The number of esters is 2. The number of hydrogen-bond donors (Lipinski definition) is 2. The Labute approximate surface area is 176 Å². The molecular weight excluding hydrogens is 386 g/mol. The van der Waals surface area contributed by atoms with E-state index in [1.54, 1.807) is 13.8 Å². The van der Waals surface area contributed by atoms with Crippen molar-refractivity contribution in [1.82, 2.24) is 15.5 Å². The van der Waals surface area contributed by atoms with Gasteiger partial charge in [-0.2, -0.15) is 0 Å². The second kappa shape index (κ2) is 10.2. The Morgan fingerprint density at radius 3 is 2.37 bits per heavy atom. The van der Waals surface area contributed by atoms with Crippen LogP contribution in [0.15, 0.2) is 41.6 Å². The number of hydrogen-bond acceptors (Lipinski definition) is 6. The number of piperidine rings is 1. The molecule has 1 atom stereocenters. The van der Waals surface area contributed by atoms with Crippen LogP contribution < -0.4 is 10.6 Å². The fraction of sp³-hybridized carbons (Fsp3) is 0.500. The first-order valence-corrected chi connectivity index (χ1v) is 10.4. The van der Waals surface area contributed by atoms with Crippen molar-refractivity contribution in [3.05, 3.63) is 47.2 Å². The Bertz CT molecular complexity index is 800. The van der Waals surface area contributed by atoms with Gasteiger partial charge in [-0.05, 0) is 45.3 Å². The Morgan fingerprint density at radius 1 is 1.07 bits per heavy atom. The molecule has 8 heteroatoms. The summed E-state index contributed by atoms with van der Waals surface area (Å²) in [5.41, 5.74) is 1.77. The van der Waals surface area contributed by atoms with Crippen LogP contribution in [0.4, 0.5) is 4.79 Å². The van der Waals surface area contributed by atoms with Gasteiger partial charge in [-0.1, -0.05) is 30.3 Å². The van der Waals surface area contributed by atoms with Crippen LogP contribution in [-0.4, -0.2) is 55.7 Å². The van der Waals surface area contributed by atoms with Crippen molar-refractivity contribution in [2.24, 2.45) is 5.92 Å². The van der Waals surface area contributed by atoms with Gasteiger partial charge < -0.3 is 20.1 Å². The first kappa shape index (κ1) is 21.8. The van der Waals surface area contributed by atoms with Crippen molar-refractivity contribution in [1.29, 1.82) is 0 Å². The minimum absolute atomic E-state index is 0.0978. The topological polar surface area (TPSA) is 97.0 Å². The van der Waals surface area contributed by atoms with Crippen LogP contribution in [-0.2, 0) is 19.1 Å². The number of carbonyl (C=O) groups is 3. The molecule has 1 aromatic rings. The number of carbonyl (C=O) groups excluding carboxylic acids is 3. The molecule has 0 bridgehead atoms. The number of likely N-dealkylation sites (tertiary alicyclic amines) is 1. The normalized spacial score (nSPS) is 20.3. The minimum atomic E-state index is -0.578.